The van der Waals surface area contributed by atoms with E-state index in [9.17, 15) is 17.2 Å². The van der Waals surface area contributed by atoms with E-state index >= 15 is 0 Å². The molecule has 0 aromatic heterocycles. The molecule has 0 heterocycles. The van der Waals surface area contributed by atoms with Crippen molar-refractivity contribution in [2.24, 2.45) is 0 Å². The Labute approximate surface area is 85.9 Å². The van der Waals surface area contributed by atoms with E-state index in [1.54, 1.807) is 0 Å². The number of benzene rings is 1. The van der Waals surface area contributed by atoms with E-state index in [1.807, 2.05) is 4.72 Å². The molecule has 1 rings (SSSR count). The van der Waals surface area contributed by atoms with Crippen LogP contribution in [0, 0.1) is 11.6 Å². The fourth-order valence-electron chi connectivity index (χ4n) is 0.906. The molecule has 0 aliphatic rings. The number of ether oxygens (including phenoxy) is 1. The first-order valence-electron chi connectivity index (χ1n) is 3.91. The molecular weight excluding hydrogens is 228 g/mol. The Morgan fingerprint density at radius 3 is 2.67 bits per heavy atom. The van der Waals surface area contributed by atoms with Crippen LogP contribution in [-0.2, 0) is 14.8 Å². The van der Waals surface area contributed by atoms with E-state index in [0.717, 1.165) is 18.2 Å². The molecule has 1 aromatic carbocycles. The average Bonchev–Trinajstić information content (AvgIpc) is 2.19. The third-order valence-electron chi connectivity index (χ3n) is 1.60. The van der Waals surface area contributed by atoms with E-state index < -0.39 is 26.6 Å². The van der Waals surface area contributed by atoms with Crippen LogP contribution in [0.5, 0.6) is 0 Å². The number of hydrogen-bond donors (Lipinski definition) is 1. The van der Waals surface area contributed by atoms with Gasteiger partial charge in [0.2, 0.25) is 10.0 Å². The SMILES string of the molecule is COCNS(=O)(=O)c1cccc(F)c1F. The van der Waals surface area contributed by atoms with Crippen molar-refractivity contribution < 1.29 is 21.9 Å². The molecule has 0 bridgehead atoms. The normalized spacial score (nSPS) is 11.7. The molecule has 0 atom stereocenters. The van der Waals surface area contributed by atoms with Crippen molar-refractivity contribution in [1.82, 2.24) is 4.72 Å². The lowest BCUT2D eigenvalue weighted by Gasteiger charge is -2.06. The van der Waals surface area contributed by atoms with Crippen LogP contribution in [-0.4, -0.2) is 22.3 Å². The van der Waals surface area contributed by atoms with Gasteiger partial charge in [-0.3, -0.25) is 0 Å². The van der Waals surface area contributed by atoms with Crippen LogP contribution in [0.15, 0.2) is 23.1 Å². The van der Waals surface area contributed by atoms with Crippen molar-refractivity contribution in [3.05, 3.63) is 29.8 Å². The van der Waals surface area contributed by atoms with Crippen LogP contribution in [0.3, 0.4) is 0 Å². The zero-order valence-corrected chi connectivity index (χ0v) is 8.64. The molecule has 0 aliphatic heterocycles. The summed E-state index contributed by atoms with van der Waals surface area (Å²) in [7, 11) is -2.80. The Morgan fingerprint density at radius 1 is 1.40 bits per heavy atom. The molecule has 0 aliphatic carbocycles. The molecular formula is C8H9F2NO3S. The van der Waals surface area contributed by atoms with Gasteiger partial charge in [0.1, 0.15) is 11.6 Å². The number of hydrogen-bond acceptors (Lipinski definition) is 3. The molecule has 0 radical (unpaired) electrons. The molecule has 0 fully saturated rings. The van der Waals surface area contributed by atoms with E-state index in [0.29, 0.717) is 0 Å². The average molecular weight is 237 g/mol. The molecule has 1 N–H and O–H groups in total. The van der Waals surface area contributed by atoms with Gasteiger partial charge in [0, 0.05) is 7.11 Å². The number of rotatable bonds is 4. The maximum atomic E-state index is 13.1. The zero-order valence-electron chi connectivity index (χ0n) is 7.83. The van der Waals surface area contributed by atoms with Crippen LogP contribution in [0.2, 0.25) is 0 Å². The van der Waals surface area contributed by atoms with Crippen molar-refractivity contribution in [1.29, 1.82) is 0 Å². The minimum absolute atomic E-state index is 0.307. The smallest absolute Gasteiger partial charge is 0.245 e. The van der Waals surface area contributed by atoms with Crippen LogP contribution in [0.1, 0.15) is 0 Å². The fraction of sp³-hybridized carbons (Fsp3) is 0.250. The third kappa shape index (κ3) is 2.71. The monoisotopic (exact) mass is 237 g/mol. The summed E-state index contributed by atoms with van der Waals surface area (Å²) in [6.45, 7) is -0.307. The zero-order chi connectivity index (χ0) is 11.5. The Kier molecular flexibility index (Phi) is 3.72. The molecule has 1 aromatic rings. The predicted molar refractivity (Wildman–Crippen MR) is 48.6 cm³/mol. The van der Waals surface area contributed by atoms with Crippen LogP contribution >= 0.6 is 0 Å². The van der Waals surface area contributed by atoms with Gasteiger partial charge in [-0.25, -0.2) is 17.2 Å². The van der Waals surface area contributed by atoms with Gasteiger partial charge in [0.05, 0.1) is 0 Å². The molecule has 7 heteroatoms. The molecule has 15 heavy (non-hydrogen) atoms. The maximum absolute atomic E-state index is 13.1. The Morgan fingerprint density at radius 2 is 2.07 bits per heavy atom. The van der Waals surface area contributed by atoms with Crippen molar-refractivity contribution >= 4 is 10.0 Å². The lowest BCUT2D eigenvalue weighted by Crippen LogP contribution is -2.26. The molecule has 0 saturated carbocycles. The van der Waals surface area contributed by atoms with E-state index in [-0.39, 0.29) is 6.73 Å². The summed E-state index contributed by atoms with van der Waals surface area (Å²) in [5.74, 6) is -2.61. The minimum atomic E-state index is -4.07. The standard InChI is InChI=1S/C8H9F2NO3S/c1-14-5-11-15(12,13)7-4-2-3-6(9)8(7)10/h2-4,11H,5H2,1H3. The van der Waals surface area contributed by atoms with Crippen molar-refractivity contribution in [3.8, 4) is 0 Å². The van der Waals surface area contributed by atoms with Crippen molar-refractivity contribution in [2.45, 2.75) is 4.90 Å². The van der Waals surface area contributed by atoms with Crippen molar-refractivity contribution in [3.63, 3.8) is 0 Å². The summed E-state index contributed by atoms with van der Waals surface area (Å²) >= 11 is 0. The summed E-state index contributed by atoms with van der Waals surface area (Å²) in [6, 6.07) is 2.92. The first-order valence-corrected chi connectivity index (χ1v) is 5.40. The van der Waals surface area contributed by atoms with Gasteiger partial charge in [0.15, 0.2) is 11.6 Å². The molecule has 4 nitrogen and oxygen atoms in total. The highest BCUT2D eigenvalue weighted by molar-refractivity contribution is 7.89. The quantitative estimate of drug-likeness (QED) is 0.790. The van der Waals surface area contributed by atoms with Crippen LogP contribution < -0.4 is 4.72 Å². The number of halogens is 2. The molecule has 0 saturated heterocycles. The number of nitrogens with one attached hydrogen (secondary N) is 1. The topological polar surface area (TPSA) is 55.4 Å². The second-order valence-electron chi connectivity index (χ2n) is 2.63. The third-order valence-corrected chi connectivity index (χ3v) is 2.99. The summed E-state index contributed by atoms with van der Waals surface area (Å²) in [4.78, 5) is -0.737. The minimum Gasteiger partial charge on any atom is -0.369 e. The Bertz CT molecular complexity index is 447. The Hall–Kier alpha value is -1.05. The summed E-state index contributed by atoms with van der Waals surface area (Å²) in [5.41, 5.74) is 0. The summed E-state index contributed by atoms with van der Waals surface area (Å²) < 4.78 is 55.0. The fourth-order valence-corrected chi connectivity index (χ4v) is 1.93. The highest BCUT2D eigenvalue weighted by Crippen LogP contribution is 2.16. The molecule has 84 valence electrons. The first-order chi connectivity index (χ1) is 6.99. The van der Waals surface area contributed by atoms with Gasteiger partial charge in [-0.05, 0) is 12.1 Å². The highest BCUT2D eigenvalue weighted by atomic mass is 32.2. The van der Waals surface area contributed by atoms with Crippen LogP contribution in [0.4, 0.5) is 8.78 Å². The largest absolute Gasteiger partial charge is 0.369 e. The van der Waals surface area contributed by atoms with Gasteiger partial charge >= 0.3 is 0 Å². The van der Waals surface area contributed by atoms with E-state index in [4.69, 9.17) is 0 Å². The Balaban J connectivity index is 3.10. The first kappa shape index (κ1) is 12.0. The summed E-state index contributed by atoms with van der Waals surface area (Å²) in [6.07, 6.45) is 0. The molecule has 0 amide bonds. The van der Waals surface area contributed by atoms with E-state index in [1.165, 1.54) is 7.11 Å². The van der Waals surface area contributed by atoms with E-state index in [2.05, 4.69) is 4.74 Å². The number of sulfonamides is 1. The van der Waals surface area contributed by atoms with Gasteiger partial charge in [-0.1, -0.05) is 6.07 Å². The maximum Gasteiger partial charge on any atom is 0.245 e. The lowest BCUT2D eigenvalue weighted by molar-refractivity contribution is 0.194. The molecule has 0 unspecified atom stereocenters. The lowest BCUT2D eigenvalue weighted by atomic mass is 10.3. The molecule has 0 spiro atoms. The highest BCUT2D eigenvalue weighted by Gasteiger charge is 2.20. The van der Waals surface area contributed by atoms with Gasteiger partial charge < -0.3 is 4.74 Å². The second-order valence-corrected chi connectivity index (χ2v) is 4.37. The predicted octanol–water partition coefficient (Wildman–Crippen LogP) is 0.847. The van der Waals surface area contributed by atoms with Gasteiger partial charge in [-0.2, -0.15) is 4.72 Å². The number of methoxy groups -OCH3 is 1. The van der Waals surface area contributed by atoms with Gasteiger partial charge in [0.25, 0.3) is 0 Å². The van der Waals surface area contributed by atoms with Crippen molar-refractivity contribution in [2.75, 3.05) is 13.8 Å². The summed E-state index contributed by atoms with van der Waals surface area (Å²) in [5, 5.41) is 0. The van der Waals surface area contributed by atoms with Gasteiger partial charge in [-0.15, -0.1) is 0 Å². The van der Waals surface area contributed by atoms with Crippen LogP contribution in [0.25, 0.3) is 0 Å². The second kappa shape index (κ2) is 4.65.